The third-order valence-corrected chi connectivity index (χ3v) is 3.61. The van der Waals surface area contributed by atoms with Gasteiger partial charge in [0.05, 0.1) is 5.69 Å². The van der Waals surface area contributed by atoms with Gasteiger partial charge in [-0.3, -0.25) is 4.90 Å². The van der Waals surface area contributed by atoms with E-state index in [1.54, 1.807) is 0 Å². The molecule has 0 atom stereocenters. The highest BCUT2D eigenvalue weighted by Crippen LogP contribution is 2.31. The fraction of sp³-hybridized carbons (Fsp3) is 0.267. The number of fused-ring (bicyclic) bond motifs is 1. The summed E-state index contributed by atoms with van der Waals surface area (Å²) in [6.07, 6.45) is 0.694. The molecule has 3 rings (SSSR count). The maximum Gasteiger partial charge on any atom is 0.374 e. The van der Waals surface area contributed by atoms with E-state index < -0.39 is 5.97 Å². The predicted octanol–water partition coefficient (Wildman–Crippen LogP) is 2.12. The number of carboxylic acid groups (broad SMARTS) is 1. The Balaban J connectivity index is 1.80. The number of furan rings is 1. The van der Waals surface area contributed by atoms with Gasteiger partial charge in [0.2, 0.25) is 5.76 Å². The molecule has 0 bridgehead atoms. The molecule has 20 heavy (non-hydrogen) atoms. The van der Waals surface area contributed by atoms with Gasteiger partial charge in [-0.25, -0.2) is 4.79 Å². The predicted molar refractivity (Wildman–Crippen MR) is 74.3 cm³/mol. The number of hydrogen-bond acceptors (Lipinski definition) is 4. The molecule has 0 radical (unpaired) electrons. The third-order valence-electron chi connectivity index (χ3n) is 3.61. The van der Waals surface area contributed by atoms with Gasteiger partial charge in [0.25, 0.3) is 0 Å². The molecule has 1 aromatic heterocycles. The number of nitrogen functional groups attached to an aromatic ring is 1. The van der Waals surface area contributed by atoms with Crippen molar-refractivity contribution in [1.29, 1.82) is 0 Å². The van der Waals surface area contributed by atoms with E-state index in [0.717, 1.165) is 18.7 Å². The summed E-state index contributed by atoms with van der Waals surface area (Å²) in [7, 11) is 0. The van der Waals surface area contributed by atoms with Gasteiger partial charge in [-0.1, -0.05) is 30.3 Å². The van der Waals surface area contributed by atoms with E-state index in [1.807, 2.05) is 18.2 Å². The number of benzene rings is 1. The van der Waals surface area contributed by atoms with E-state index >= 15 is 0 Å². The average Bonchev–Trinajstić information content (AvgIpc) is 2.77. The molecule has 0 amide bonds. The van der Waals surface area contributed by atoms with E-state index in [4.69, 9.17) is 15.3 Å². The maximum atomic E-state index is 11.0. The van der Waals surface area contributed by atoms with Crippen LogP contribution in [-0.2, 0) is 19.5 Å². The van der Waals surface area contributed by atoms with Gasteiger partial charge in [0.1, 0.15) is 5.76 Å². The quantitative estimate of drug-likeness (QED) is 0.894. The van der Waals surface area contributed by atoms with Crippen molar-refractivity contribution < 1.29 is 14.3 Å². The van der Waals surface area contributed by atoms with Crippen LogP contribution >= 0.6 is 0 Å². The zero-order valence-corrected chi connectivity index (χ0v) is 11.0. The van der Waals surface area contributed by atoms with E-state index in [-0.39, 0.29) is 11.4 Å². The van der Waals surface area contributed by atoms with Crippen LogP contribution in [-0.4, -0.2) is 22.5 Å². The second-order valence-electron chi connectivity index (χ2n) is 5.00. The smallest absolute Gasteiger partial charge is 0.374 e. The molecule has 0 spiro atoms. The molecule has 0 aliphatic carbocycles. The van der Waals surface area contributed by atoms with Gasteiger partial charge in [0, 0.05) is 31.6 Å². The third kappa shape index (κ3) is 2.28. The number of hydrogen-bond donors (Lipinski definition) is 2. The summed E-state index contributed by atoms with van der Waals surface area (Å²) in [5.41, 5.74) is 8.20. The van der Waals surface area contributed by atoms with E-state index in [1.165, 1.54) is 5.56 Å². The SMILES string of the molecule is Nc1c(C(=O)O)oc2c1CN(Cc1ccccc1)CC2. The summed E-state index contributed by atoms with van der Waals surface area (Å²) < 4.78 is 5.35. The van der Waals surface area contributed by atoms with Gasteiger partial charge in [-0.15, -0.1) is 0 Å². The molecule has 0 unspecified atom stereocenters. The minimum atomic E-state index is -1.11. The lowest BCUT2D eigenvalue weighted by atomic mass is 10.1. The summed E-state index contributed by atoms with van der Waals surface area (Å²) in [5.74, 6) is -0.521. The van der Waals surface area contributed by atoms with Gasteiger partial charge < -0.3 is 15.3 Å². The molecule has 0 saturated heterocycles. The molecular weight excluding hydrogens is 256 g/mol. The van der Waals surface area contributed by atoms with Crippen LogP contribution < -0.4 is 5.73 Å². The lowest BCUT2D eigenvalue weighted by molar-refractivity contribution is 0.0661. The Labute approximate surface area is 116 Å². The molecule has 0 fully saturated rings. The standard InChI is InChI=1S/C15H16N2O3/c16-13-11-9-17(8-10-4-2-1-3-5-10)7-6-12(11)20-14(13)15(18)19/h1-5H,6-9,16H2,(H,18,19). The van der Waals surface area contributed by atoms with Crippen molar-refractivity contribution >= 4 is 11.7 Å². The number of aromatic carboxylic acids is 1. The molecule has 1 aromatic carbocycles. The molecule has 2 aromatic rings. The van der Waals surface area contributed by atoms with E-state index in [9.17, 15) is 4.79 Å². The van der Waals surface area contributed by atoms with Crippen molar-refractivity contribution in [3.8, 4) is 0 Å². The van der Waals surface area contributed by atoms with Crippen LogP contribution in [0.3, 0.4) is 0 Å². The maximum absolute atomic E-state index is 11.0. The summed E-state index contributed by atoms with van der Waals surface area (Å²) in [6, 6.07) is 10.2. The molecule has 5 heteroatoms. The number of nitrogens with two attached hydrogens (primary N) is 1. The molecule has 3 N–H and O–H groups in total. The van der Waals surface area contributed by atoms with Crippen LogP contribution in [0.4, 0.5) is 5.69 Å². The fourth-order valence-electron chi connectivity index (χ4n) is 2.60. The minimum absolute atomic E-state index is 0.128. The largest absolute Gasteiger partial charge is 0.475 e. The molecule has 104 valence electrons. The highest BCUT2D eigenvalue weighted by molar-refractivity contribution is 5.91. The highest BCUT2D eigenvalue weighted by Gasteiger charge is 2.27. The van der Waals surface area contributed by atoms with Crippen molar-refractivity contribution in [2.24, 2.45) is 0 Å². The van der Waals surface area contributed by atoms with Crippen molar-refractivity contribution in [3.63, 3.8) is 0 Å². The first-order valence-electron chi connectivity index (χ1n) is 6.54. The number of rotatable bonds is 3. The van der Waals surface area contributed by atoms with Crippen LogP contribution in [0.5, 0.6) is 0 Å². The number of carboxylic acids is 1. The molecule has 0 saturated carbocycles. The number of nitrogens with zero attached hydrogens (tertiary/aromatic N) is 1. The van der Waals surface area contributed by atoms with Crippen molar-refractivity contribution in [1.82, 2.24) is 4.90 Å². The van der Waals surface area contributed by atoms with Crippen LogP contribution in [0.1, 0.15) is 27.4 Å². The van der Waals surface area contributed by atoms with Gasteiger partial charge in [-0.05, 0) is 5.56 Å². The first-order chi connectivity index (χ1) is 9.65. The number of carbonyl (C=O) groups is 1. The summed E-state index contributed by atoms with van der Waals surface area (Å²) in [5, 5.41) is 9.03. The lowest BCUT2D eigenvalue weighted by Gasteiger charge is -2.26. The minimum Gasteiger partial charge on any atom is -0.475 e. The number of anilines is 1. The normalized spacial score (nSPS) is 15.0. The Morgan fingerprint density at radius 3 is 2.80 bits per heavy atom. The lowest BCUT2D eigenvalue weighted by Crippen LogP contribution is -2.29. The van der Waals surface area contributed by atoms with Crippen molar-refractivity contribution in [2.45, 2.75) is 19.5 Å². The van der Waals surface area contributed by atoms with Crippen LogP contribution in [0, 0.1) is 0 Å². The van der Waals surface area contributed by atoms with Gasteiger partial charge >= 0.3 is 5.97 Å². The Morgan fingerprint density at radius 2 is 2.10 bits per heavy atom. The molecule has 2 heterocycles. The van der Waals surface area contributed by atoms with Gasteiger partial charge in [0.15, 0.2) is 0 Å². The summed E-state index contributed by atoms with van der Waals surface area (Å²) in [4.78, 5) is 13.3. The Bertz CT molecular complexity index is 634. The van der Waals surface area contributed by atoms with Crippen molar-refractivity contribution in [3.05, 3.63) is 53.0 Å². The Hall–Kier alpha value is -2.27. The Morgan fingerprint density at radius 1 is 1.35 bits per heavy atom. The molecule has 1 aliphatic heterocycles. The first-order valence-corrected chi connectivity index (χ1v) is 6.54. The highest BCUT2D eigenvalue weighted by atomic mass is 16.4. The van der Waals surface area contributed by atoms with Crippen molar-refractivity contribution in [2.75, 3.05) is 12.3 Å². The summed E-state index contributed by atoms with van der Waals surface area (Å²) in [6.45, 7) is 2.30. The van der Waals surface area contributed by atoms with Gasteiger partial charge in [-0.2, -0.15) is 0 Å². The van der Waals surface area contributed by atoms with Crippen LogP contribution in [0.2, 0.25) is 0 Å². The fourth-order valence-corrected chi connectivity index (χ4v) is 2.60. The average molecular weight is 272 g/mol. The van der Waals surface area contributed by atoms with Crippen LogP contribution in [0.25, 0.3) is 0 Å². The van der Waals surface area contributed by atoms with Crippen LogP contribution in [0.15, 0.2) is 34.7 Å². The zero-order valence-electron chi connectivity index (χ0n) is 11.0. The molecule has 1 aliphatic rings. The summed E-state index contributed by atoms with van der Waals surface area (Å²) >= 11 is 0. The van der Waals surface area contributed by atoms with E-state index in [0.29, 0.717) is 18.7 Å². The topological polar surface area (TPSA) is 79.7 Å². The second kappa shape index (κ2) is 5.02. The first kappa shape index (κ1) is 12.7. The zero-order chi connectivity index (χ0) is 14.1. The monoisotopic (exact) mass is 272 g/mol. The molecular formula is C15H16N2O3. The van der Waals surface area contributed by atoms with E-state index in [2.05, 4.69) is 17.0 Å². The second-order valence-corrected chi connectivity index (χ2v) is 5.00. The Kier molecular flexibility index (Phi) is 3.20. The molecule has 5 nitrogen and oxygen atoms in total.